The van der Waals surface area contributed by atoms with Crippen molar-refractivity contribution >= 4 is 5.91 Å². The maximum Gasteiger partial charge on any atom is 0.271 e. The highest BCUT2D eigenvalue weighted by Crippen LogP contribution is 2.21. The molecule has 1 aliphatic heterocycles. The fourth-order valence-electron chi connectivity index (χ4n) is 1.87. The van der Waals surface area contributed by atoms with E-state index in [1.54, 1.807) is 7.05 Å². The number of aromatic amines is 1. The van der Waals surface area contributed by atoms with Crippen LogP contribution in [0, 0.1) is 0 Å². The minimum absolute atomic E-state index is 0.228. The fraction of sp³-hybridized carbons (Fsp3) is 0.600. The van der Waals surface area contributed by atoms with Crippen LogP contribution in [0.2, 0.25) is 0 Å². The fourth-order valence-corrected chi connectivity index (χ4v) is 1.87. The second-order valence-corrected chi connectivity index (χ2v) is 4.26. The number of nitrogens with zero attached hydrogens (tertiary/aromatic N) is 1. The number of aliphatic hydroxyl groups excluding tert-OH is 2. The van der Waals surface area contributed by atoms with Gasteiger partial charge in [0.05, 0.1) is 18.7 Å². The van der Waals surface area contributed by atoms with Crippen LogP contribution in [-0.2, 0) is 4.74 Å². The summed E-state index contributed by atoms with van der Waals surface area (Å²) in [5.41, 5.74) is 5.91. The Morgan fingerprint density at radius 3 is 2.89 bits per heavy atom. The lowest BCUT2D eigenvalue weighted by Gasteiger charge is -2.21. The number of likely N-dealkylation sites (N-methyl/N-ethyl adjacent to an activating group) is 1. The van der Waals surface area contributed by atoms with Gasteiger partial charge in [0.25, 0.3) is 5.91 Å². The predicted octanol–water partition coefficient (Wildman–Crippen LogP) is -2.91. The summed E-state index contributed by atoms with van der Waals surface area (Å²) in [6, 6.07) is 0. The highest BCUT2D eigenvalue weighted by molar-refractivity contribution is 5.92. The lowest BCUT2D eigenvalue weighted by Crippen LogP contribution is -2.50. The van der Waals surface area contributed by atoms with Gasteiger partial charge in [0, 0.05) is 0 Å². The average Bonchev–Trinajstić information content (AvgIpc) is 3.02. The van der Waals surface area contributed by atoms with Gasteiger partial charge in [-0.2, -0.15) is 0 Å². The lowest BCUT2D eigenvalue weighted by molar-refractivity contribution is -0.0213. The molecule has 9 heteroatoms. The van der Waals surface area contributed by atoms with E-state index in [-0.39, 0.29) is 5.69 Å². The van der Waals surface area contributed by atoms with Crippen LogP contribution < -0.4 is 16.4 Å². The van der Waals surface area contributed by atoms with Crippen LogP contribution in [-0.4, -0.2) is 63.8 Å². The van der Waals surface area contributed by atoms with Crippen molar-refractivity contribution in [3.8, 4) is 0 Å². The number of H-pyrrole nitrogens is 1. The molecule has 0 aliphatic carbocycles. The third-order valence-corrected chi connectivity index (χ3v) is 3.00. The zero-order chi connectivity index (χ0) is 14.0. The van der Waals surface area contributed by atoms with E-state index in [0.717, 1.165) is 0 Å². The number of carbonyl (C=O) groups is 1. The van der Waals surface area contributed by atoms with Crippen molar-refractivity contribution in [3.63, 3.8) is 0 Å². The maximum atomic E-state index is 11.8. The van der Waals surface area contributed by atoms with Gasteiger partial charge in [-0.25, -0.2) is 4.98 Å². The predicted molar refractivity (Wildman–Crippen MR) is 63.8 cm³/mol. The number of carbonyl (C=O) groups excluding carboxylic acids is 1. The molecule has 0 bridgehead atoms. The number of aliphatic hydroxyl groups is 2. The van der Waals surface area contributed by atoms with Gasteiger partial charge >= 0.3 is 0 Å². The Hall–Kier alpha value is -1.52. The maximum absolute atomic E-state index is 11.8. The third-order valence-electron chi connectivity index (χ3n) is 3.00. The molecule has 0 aromatic carbocycles. The second-order valence-electron chi connectivity index (χ2n) is 4.26. The average molecular weight is 271 g/mol. The molecular formula is C10H17N5O4. The van der Waals surface area contributed by atoms with Crippen molar-refractivity contribution in [1.29, 1.82) is 0 Å². The number of amides is 1. The number of nitrogens with one attached hydrogen (secondary N) is 3. The van der Waals surface area contributed by atoms with E-state index in [1.165, 1.54) is 12.5 Å². The van der Waals surface area contributed by atoms with E-state index in [1.807, 2.05) is 0 Å². The Morgan fingerprint density at radius 2 is 2.32 bits per heavy atom. The summed E-state index contributed by atoms with van der Waals surface area (Å²) < 4.78 is 5.35. The first-order valence-corrected chi connectivity index (χ1v) is 5.78. The summed E-state index contributed by atoms with van der Waals surface area (Å²) in [5, 5.41) is 24.8. The van der Waals surface area contributed by atoms with E-state index in [2.05, 4.69) is 20.6 Å². The molecule has 1 aromatic rings. The molecular weight excluding hydrogens is 254 g/mol. The van der Waals surface area contributed by atoms with Crippen LogP contribution in [0.1, 0.15) is 10.5 Å². The summed E-state index contributed by atoms with van der Waals surface area (Å²) in [6.45, 7) is 0. The molecule has 1 aliphatic rings. The number of rotatable bonds is 4. The molecule has 1 unspecified atom stereocenters. The standard InChI is InChI=1S/C10H17N5O4/c1-12-8(11)7-5(16)6(17)10(19-7)15-9(18)4-2-13-3-14-4/h2-3,5-8,10,12,16-17H,11H2,1H3,(H,13,14)(H,15,18)/t5-,6+,7-,8?,10+/m0/s1. The number of aromatic nitrogens is 2. The monoisotopic (exact) mass is 271 g/mol. The van der Waals surface area contributed by atoms with E-state index >= 15 is 0 Å². The van der Waals surface area contributed by atoms with E-state index < -0.39 is 36.6 Å². The molecule has 1 fully saturated rings. The molecule has 2 rings (SSSR count). The smallest absolute Gasteiger partial charge is 0.271 e. The van der Waals surface area contributed by atoms with E-state index in [9.17, 15) is 15.0 Å². The molecule has 1 aromatic heterocycles. The second kappa shape index (κ2) is 5.63. The highest BCUT2D eigenvalue weighted by atomic mass is 16.6. The first kappa shape index (κ1) is 13.9. The van der Waals surface area contributed by atoms with Crippen LogP contribution in [0.5, 0.6) is 0 Å². The molecule has 7 N–H and O–H groups in total. The lowest BCUT2D eigenvalue weighted by atomic mass is 10.1. The number of ether oxygens (including phenoxy) is 1. The van der Waals surface area contributed by atoms with Gasteiger partial charge in [-0.05, 0) is 7.05 Å². The van der Waals surface area contributed by atoms with Crippen LogP contribution in [0.3, 0.4) is 0 Å². The number of hydrogen-bond acceptors (Lipinski definition) is 7. The van der Waals surface area contributed by atoms with Crippen molar-refractivity contribution in [2.75, 3.05) is 7.05 Å². The van der Waals surface area contributed by atoms with Gasteiger partial charge in [0.1, 0.15) is 24.0 Å². The number of hydrogen-bond donors (Lipinski definition) is 6. The molecule has 1 amide bonds. The van der Waals surface area contributed by atoms with Crippen molar-refractivity contribution < 1.29 is 19.7 Å². The highest BCUT2D eigenvalue weighted by Gasteiger charge is 2.45. The minimum atomic E-state index is -1.25. The molecule has 1 saturated heterocycles. The van der Waals surface area contributed by atoms with Gasteiger partial charge in [-0.15, -0.1) is 0 Å². The van der Waals surface area contributed by atoms with E-state index in [0.29, 0.717) is 0 Å². The SMILES string of the molecule is CNC(N)[C@H]1O[C@@H](NC(=O)c2cnc[nH]2)[C@H](O)[C@@H]1O. The summed E-state index contributed by atoms with van der Waals surface area (Å²) in [5.74, 6) is -0.493. The molecule has 0 radical (unpaired) electrons. The Morgan fingerprint density at radius 1 is 1.58 bits per heavy atom. The van der Waals surface area contributed by atoms with E-state index in [4.69, 9.17) is 10.5 Å². The summed E-state index contributed by atoms with van der Waals surface area (Å²) in [6.07, 6.45) is -2.24. The molecule has 106 valence electrons. The Bertz CT molecular complexity index is 426. The summed E-state index contributed by atoms with van der Waals surface area (Å²) >= 11 is 0. The van der Waals surface area contributed by atoms with Crippen molar-refractivity contribution in [1.82, 2.24) is 20.6 Å². The van der Waals surface area contributed by atoms with Crippen LogP contribution in [0.4, 0.5) is 0 Å². The zero-order valence-electron chi connectivity index (χ0n) is 10.3. The Balaban J connectivity index is 2.00. The third kappa shape index (κ3) is 2.74. The largest absolute Gasteiger partial charge is 0.387 e. The first-order chi connectivity index (χ1) is 9.04. The Kier molecular flexibility index (Phi) is 4.12. The summed E-state index contributed by atoms with van der Waals surface area (Å²) in [7, 11) is 1.60. The molecule has 5 atom stereocenters. The van der Waals surface area contributed by atoms with Gasteiger partial charge in [0.2, 0.25) is 0 Å². The molecule has 9 nitrogen and oxygen atoms in total. The normalized spacial score (nSPS) is 32.2. The Labute approximate surface area is 109 Å². The van der Waals surface area contributed by atoms with Gasteiger partial charge in [-0.1, -0.05) is 0 Å². The number of nitrogens with two attached hydrogens (primary N) is 1. The van der Waals surface area contributed by atoms with Crippen LogP contribution >= 0.6 is 0 Å². The molecule has 19 heavy (non-hydrogen) atoms. The van der Waals surface area contributed by atoms with Crippen LogP contribution in [0.15, 0.2) is 12.5 Å². The van der Waals surface area contributed by atoms with Crippen molar-refractivity contribution in [2.24, 2.45) is 5.73 Å². The first-order valence-electron chi connectivity index (χ1n) is 5.78. The molecule has 2 heterocycles. The zero-order valence-corrected chi connectivity index (χ0v) is 10.3. The van der Waals surface area contributed by atoms with Crippen LogP contribution in [0.25, 0.3) is 0 Å². The van der Waals surface area contributed by atoms with Crippen molar-refractivity contribution in [2.45, 2.75) is 30.7 Å². The van der Waals surface area contributed by atoms with Crippen molar-refractivity contribution in [3.05, 3.63) is 18.2 Å². The number of imidazole rings is 1. The molecule has 0 spiro atoms. The summed E-state index contributed by atoms with van der Waals surface area (Å²) in [4.78, 5) is 18.1. The van der Waals surface area contributed by atoms with Gasteiger partial charge in [-0.3, -0.25) is 4.79 Å². The molecule has 0 saturated carbocycles. The van der Waals surface area contributed by atoms with Gasteiger partial charge < -0.3 is 36.3 Å². The topological polar surface area (TPSA) is 146 Å². The quantitative estimate of drug-likeness (QED) is 0.322. The van der Waals surface area contributed by atoms with Gasteiger partial charge in [0.15, 0.2) is 6.23 Å². The minimum Gasteiger partial charge on any atom is -0.387 e.